The second kappa shape index (κ2) is 7.10. The fourth-order valence-corrected chi connectivity index (χ4v) is 4.53. The number of carbonyl (C=O) groups is 1. The van der Waals surface area contributed by atoms with E-state index in [1.807, 2.05) is 0 Å². The predicted molar refractivity (Wildman–Crippen MR) is 85.4 cm³/mol. The van der Waals surface area contributed by atoms with Crippen LogP contribution in [0, 0.1) is 11.8 Å². The highest BCUT2D eigenvalue weighted by molar-refractivity contribution is 5.79. The summed E-state index contributed by atoms with van der Waals surface area (Å²) in [5, 5.41) is 12.7. The average Bonchev–Trinajstić information content (AvgIpc) is 2.89. The van der Waals surface area contributed by atoms with E-state index in [2.05, 4.69) is 24.2 Å². The summed E-state index contributed by atoms with van der Waals surface area (Å²) in [6, 6.07) is 0.698. The Balaban J connectivity index is 1.88. The third-order valence-electron chi connectivity index (χ3n) is 6.01. The fraction of sp³-hybridized carbons (Fsp3) is 0.941. The lowest BCUT2D eigenvalue weighted by atomic mass is 9.83. The smallest absolute Gasteiger partial charge is 0.324 e. The molecule has 122 valence electrons. The van der Waals surface area contributed by atoms with Crippen LogP contribution in [0.25, 0.3) is 0 Å². The average molecular weight is 296 g/mol. The molecule has 2 aliphatic rings. The van der Waals surface area contributed by atoms with Crippen molar-refractivity contribution in [2.45, 2.75) is 69.9 Å². The van der Waals surface area contributed by atoms with Crippen LogP contribution < -0.4 is 5.32 Å². The van der Waals surface area contributed by atoms with Gasteiger partial charge in [-0.3, -0.25) is 4.79 Å². The third-order valence-corrected chi connectivity index (χ3v) is 6.01. The minimum Gasteiger partial charge on any atom is -0.480 e. The molecule has 4 unspecified atom stereocenters. The maximum absolute atomic E-state index is 11.7. The molecule has 0 aliphatic heterocycles. The minimum absolute atomic E-state index is 0.267. The van der Waals surface area contributed by atoms with Crippen LogP contribution in [0.2, 0.25) is 0 Å². The van der Waals surface area contributed by atoms with Crippen molar-refractivity contribution in [3.05, 3.63) is 0 Å². The van der Waals surface area contributed by atoms with Crippen molar-refractivity contribution in [2.24, 2.45) is 11.8 Å². The Morgan fingerprint density at radius 2 is 2.10 bits per heavy atom. The Hall–Kier alpha value is -0.610. The van der Waals surface area contributed by atoms with Crippen LogP contribution in [-0.4, -0.2) is 48.2 Å². The molecule has 0 aromatic rings. The van der Waals surface area contributed by atoms with Crippen molar-refractivity contribution in [2.75, 3.05) is 20.6 Å². The van der Waals surface area contributed by atoms with E-state index in [1.165, 1.54) is 25.7 Å². The Bertz CT molecular complexity index is 361. The van der Waals surface area contributed by atoms with Gasteiger partial charge in [-0.15, -0.1) is 0 Å². The maximum Gasteiger partial charge on any atom is 0.324 e. The number of carboxylic acids is 1. The predicted octanol–water partition coefficient (Wildman–Crippen LogP) is 2.73. The van der Waals surface area contributed by atoms with Crippen LogP contribution in [0.1, 0.15) is 58.3 Å². The summed E-state index contributed by atoms with van der Waals surface area (Å²) in [6.07, 6.45) is 9.16. The lowest BCUT2D eigenvalue weighted by Crippen LogP contribution is -2.53. The van der Waals surface area contributed by atoms with Gasteiger partial charge in [-0.05, 0) is 64.6 Å². The molecule has 4 heteroatoms. The number of carboxylic acid groups (broad SMARTS) is 1. The molecule has 4 nitrogen and oxygen atoms in total. The van der Waals surface area contributed by atoms with Gasteiger partial charge in [0.25, 0.3) is 0 Å². The number of rotatable bonds is 6. The molecule has 0 amide bonds. The van der Waals surface area contributed by atoms with Crippen LogP contribution in [0.15, 0.2) is 0 Å². The van der Waals surface area contributed by atoms with Gasteiger partial charge in [-0.1, -0.05) is 26.2 Å². The molecule has 4 atom stereocenters. The number of likely N-dealkylation sites (N-methyl/N-ethyl adjacent to an activating group) is 1. The van der Waals surface area contributed by atoms with E-state index in [-0.39, 0.29) is 5.92 Å². The van der Waals surface area contributed by atoms with Crippen LogP contribution in [0.4, 0.5) is 0 Å². The zero-order chi connectivity index (χ0) is 15.5. The Labute approximate surface area is 129 Å². The molecule has 2 fully saturated rings. The van der Waals surface area contributed by atoms with E-state index in [4.69, 9.17) is 0 Å². The second-order valence-electron chi connectivity index (χ2n) is 7.31. The third kappa shape index (κ3) is 3.59. The van der Waals surface area contributed by atoms with Crippen molar-refractivity contribution in [3.63, 3.8) is 0 Å². The number of aliphatic carboxylic acids is 1. The van der Waals surface area contributed by atoms with Gasteiger partial charge in [0.2, 0.25) is 0 Å². The highest BCUT2D eigenvalue weighted by Crippen LogP contribution is 2.38. The van der Waals surface area contributed by atoms with Crippen LogP contribution in [0.5, 0.6) is 0 Å². The molecule has 2 N–H and O–H groups in total. The molecule has 21 heavy (non-hydrogen) atoms. The Morgan fingerprint density at radius 1 is 1.33 bits per heavy atom. The van der Waals surface area contributed by atoms with Gasteiger partial charge in [-0.2, -0.15) is 0 Å². The van der Waals surface area contributed by atoms with E-state index < -0.39 is 11.5 Å². The molecule has 2 saturated carbocycles. The summed E-state index contributed by atoms with van der Waals surface area (Å²) in [5.74, 6) is 0.443. The maximum atomic E-state index is 11.7. The molecule has 0 aromatic heterocycles. The van der Waals surface area contributed by atoms with Gasteiger partial charge in [0.05, 0.1) is 0 Å². The largest absolute Gasteiger partial charge is 0.480 e. The van der Waals surface area contributed by atoms with Crippen LogP contribution in [-0.2, 0) is 4.79 Å². The molecule has 0 saturated heterocycles. The monoisotopic (exact) mass is 296 g/mol. The number of hydrogen-bond donors (Lipinski definition) is 2. The Morgan fingerprint density at radius 3 is 2.71 bits per heavy atom. The Kier molecular flexibility index (Phi) is 5.67. The van der Waals surface area contributed by atoms with Gasteiger partial charge in [-0.25, -0.2) is 0 Å². The molecule has 2 rings (SSSR count). The zero-order valence-corrected chi connectivity index (χ0v) is 13.9. The highest BCUT2D eigenvalue weighted by atomic mass is 16.4. The highest BCUT2D eigenvalue weighted by Gasteiger charge is 2.47. The van der Waals surface area contributed by atoms with Gasteiger partial charge in [0, 0.05) is 6.04 Å². The minimum atomic E-state index is -0.680. The van der Waals surface area contributed by atoms with Crippen LogP contribution in [0.3, 0.4) is 0 Å². The van der Waals surface area contributed by atoms with E-state index in [9.17, 15) is 9.90 Å². The van der Waals surface area contributed by atoms with Gasteiger partial charge in [0.15, 0.2) is 0 Å². The summed E-state index contributed by atoms with van der Waals surface area (Å²) in [6.45, 7) is 3.38. The van der Waals surface area contributed by atoms with Crippen molar-refractivity contribution in [1.82, 2.24) is 10.2 Å². The van der Waals surface area contributed by atoms with Crippen LogP contribution >= 0.6 is 0 Å². The fourth-order valence-electron chi connectivity index (χ4n) is 4.53. The number of hydrogen-bond acceptors (Lipinski definition) is 3. The summed E-state index contributed by atoms with van der Waals surface area (Å²) in [5.41, 5.74) is -0.680. The molecule has 0 aromatic carbocycles. The van der Waals surface area contributed by atoms with Gasteiger partial charge >= 0.3 is 5.97 Å². The first-order chi connectivity index (χ1) is 9.99. The molecule has 0 bridgehead atoms. The summed E-state index contributed by atoms with van der Waals surface area (Å²) >= 11 is 0. The SMILES string of the molecule is CNC1(C(=O)O)CCCC1CCN(C)C1CCCC(C)C1. The quantitative estimate of drug-likeness (QED) is 0.791. The van der Waals surface area contributed by atoms with E-state index in [0.717, 1.165) is 38.1 Å². The van der Waals surface area contributed by atoms with E-state index in [1.54, 1.807) is 7.05 Å². The number of nitrogens with one attached hydrogen (secondary N) is 1. The first-order valence-electron chi connectivity index (χ1n) is 8.62. The van der Waals surface area contributed by atoms with E-state index >= 15 is 0 Å². The standard InChI is InChI=1S/C17H32N2O2/c1-13-6-4-8-15(12-13)19(3)11-9-14-7-5-10-17(14,18-2)16(20)21/h13-15,18H,4-12H2,1-3H3,(H,20,21). The van der Waals surface area contributed by atoms with Crippen molar-refractivity contribution < 1.29 is 9.90 Å². The molecule has 0 heterocycles. The summed E-state index contributed by atoms with van der Waals surface area (Å²) < 4.78 is 0. The molecule has 0 spiro atoms. The summed E-state index contributed by atoms with van der Waals surface area (Å²) in [4.78, 5) is 14.2. The van der Waals surface area contributed by atoms with Gasteiger partial charge in [0.1, 0.15) is 5.54 Å². The summed E-state index contributed by atoms with van der Waals surface area (Å²) in [7, 11) is 4.03. The number of nitrogens with zero attached hydrogens (tertiary/aromatic N) is 1. The van der Waals surface area contributed by atoms with Crippen molar-refractivity contribution in [1.29, 1.82) is 0 Å². The lowest BCUT2D eigenvalue weighted by Gasteiger charge is -2.36. The van der Waals surface area contributed by atoms with Gasteiger partial charge < -0.3 is 15.3 Å². The molecular formula is C17H32N2O2. The second-order valence-corrected chi connectivity index (χ2v) is 7.31. The first kappa shape index (κ1) is 16.8. The topological polar surface area (TPSA) is 52.6 Å². The molecule has 2 aliphatic carbocycles. The normalized spacial score (nSPS) is 37.0. The lowest BCUT2D eigenvalue weighted by molar-refractivity contribution is -0.146. The molecule has 0 radical (unpaired) electrons. The van der Waals surface area contributed by atoms with Crippen molar-refractivity contribution >= 4 is 5.97 Å². The molecular weight excluding hydrogens is 264 g/mol. The van der Waals surface area contributed by atoms with Crippen molar-refractivity contribution in [3.8, 4) is 0 Å². The van der Waals surface area contributed by atoms with E-state index in [0.29, 0.717) is 6.04 Å². The zero-order valence-electron chi connectivity index (χ0n) is 13.9. The first-order valence-corrected chi connectivity index (χ1v) is 8.62.